The van der Waals surface area contributed by atoms with Crippen LogP contribution < -0.4 is 0 Å². The summed E-state index contributed by atoms with van der Waals surface area (Å²) in [5.74, 6) is -0.707. The summed E-state index contributed by atoms with van der Waals surface area (Å²) in [6.07, 6.45) is -1.96. The Morgan fingerprint density at radius 2 is 2.08 bits per heavy atom. The number of ether oxygens (including phenoxy) is 2. The molecule has 1 saturated heterocycles. The summed E-state index contributed by atoms with van der Waals surface area (Å²) in [6.45, 7) is 5.32. The van der Waals surface area contributed by atoms with Gasteiger partial charge in [0.15, 0.2) is 5.79 Å². The molecule has 4 nitrogen and oxygen atoms in total. The van der Waals surface area contributed by atoms with Gasteiger partial charge in [-0.15, -0.1) is 0 Å². The Labute approximate surface area is 72.1 Å². The molecule has 4 heteroatoms. The zero-order valence-electron chi connectivity index (χ0n) is 7.65. The van der Waals surface area contributed by atoms with Crippen LogP contribution >= 0.6 is 0 Å². The Hall–Kier alpha value is -0.160. The van der Waals surface area contributed by atoms with E-state index in [4.69, 9.17) is 9.47 Å². The minimum absolute atomic E-state index is 0.211. The lowest BCUT2D eigenvalue weighted by Gasteiger charge is -2.40. The molecule has 12 heavy (non-hydrogen) atoms. The molecule has 0 aliphatic carbocycles. The van der Waals surface area contributed by atoms with Gasteiger partial charge in [0.25, 0.3) is 0 Å². The monoisotopic (exact) mass is 176 g/mol. The lowest BCUT2D eigenvalue weighted by molar-refractivity contribution is -0.317. The van der Waals surface area contributed by atoms with Gasteiger partial charge in [0.2, 0.25) is 0 Å². The van der Waals surface area contributed by atoms with Crippen LogP contribution in [0.25, 0.3) is 0 Å². The molecule has 2 N–H and O–H groups in total. The first-order valence-corrected chi connectivity index (χ1v) is 4.10. The van der Waals surface area contributed by atoms with E-state index < -0.39 is 24.1 Å². The maximum atomic E-state index is 9.36. The Morgan fingerprint density at radius 3 is 2.50 bits per heavy atom. The number of hydrogen-bond acceptors (Lipinski definition) is 4. The molecule has 1 unspecified atom stereocenters. The van der Waals surface area contributed by atoms with Gasteiger partial charge in [0.05, 0.1) is 12.7 Å². The lowest BCUT2D eigenvalue weighted by atomic mass is 10.1. The molecule has 1 aliphatic rings. The predicted octanol–water partition coefficient (Wildman–Crippen LogP) is -0.120. The van der Waals surface area contributed by atoms with Crippen LogP contribution in [0.3, 0.4) is 0 Å². The second-order valence-electron chi connectivity index (χ2n) is 3.60. The number of rotatable bonds is 1. The Balaban J connectivity index is 2.59. The standard InChI is InChI=1S/C8H16O4/c1-5(9)7-6(10)4-11-8(2,3)12-7/h5-7,9-10H,4H2,1-3H3/t5?,6-,7+/m1/s1. The fourth-order valence-corrected chi connectivity index (χ4v) is 1.24. The first kappa shape index (κ1) is 9.92. The van der Waals surface area contributed by atoms with Crippen molar-refractivity contribution in [3.63, 3.8) is 0 Å². The minimum atomic E-state index is -0.738. The van der Waals surface area contributed by atoms with Gasteiger partial charge in [-0.1, -0.05) is 0 Å². The predicted molar refractivity (Wildman–Crippen MR) is 42.6 cm³/mol. The molecule has 0 aromatic heterocycles. The molecule has 1 aliphatic heterocycles. The van der Waals surface area contributed by atoms with Crippen LogP contribution in [0.1, 0.15) is 20.8 Å². The average Bonchev–Trinajstić information content (AvgIpc) is 1.94. The van der Waals surface area contributed by atoms with Gasteiger partial charge in [-0.2, -0.15) is 0 Å². The van der Waals surface area contributed by atoms with Crippen molar-refractivity contribution in [1.29, 1.82) is 0 Å². The highest BCUT2D eigenvalue weighted by Gasteiger charge is 2.37. The molecule has 0 radical (unpaired) electrons. The van der Waals surface area contributed by atoms with Crippen LogP contribution in [0.5, 0.6) is 0 Å². The smallest absolute Gasteiger partial charge is 0.163 e. The molecule has 3 atom stereocenters. The van der Waals surface area contributed by atoms with Gasteiger partial charge in [0.1, 0.15) is 12.2 Å². The quantitative estimate of drug-likeness (QED) is 0.584. The third-order valence-electron chi connectivity index (χ3n) is 1.88. The van der Waals surface area contributed by atoms with Crippen molar-refractivity contribution in [2.75, 3.05) is 6.61 Å². The Bertz CT molecular complexity index is 155. The van der Waals surface area contributed by atoms with E-state index in [9.17, 15) is 10.2 Å². The van der Waals surface area contributed by atoms with Crippen molar-refractivity contribution in [3.05, 3.63) is 0 Å². The van der Waals surface area contributed by atoms with E-state index >= 15 is 0 Å². The van der Waals surface area contributed by atoms with E-state index in [0.29, 0.717) is 0 Å². The maximum absolute atomic E-state index is 9.36. The second kappa shape index (κ2) is 3.30. The molecule has 0 spiro atoms. The van der Waals surface area contributed by atoms with Crippen LogP contribution in [-0.4, -0.2) is 40.9 Å². The summed E-state index contributed by atoms with van der Waals surface area (Å²) in [6, 6.07) is 0. The van der Waals surface area contributed by atoms with Crippen molar-refractivity contribution < 1.29 is 19.7 Å². The van der Waals surface area contributed by atoms with Gasteiger partial charge < -0.3 is 19.7 Å². The van der Waals surface area contributed by atoms with Crippen LogP contribution in [0.15, 0.2) is 0 Å². The van der Waals surface area contributed by atoms with Crippen molar-refractivity contribution in [3.8, 4) is 0 Å². The van der Waals surface area contributed by atoms with Gasteiger partial charge in [0, 0.05) is 0 Å². The van der Waals surface area contributed by atoms with Crippen LogP contribution in [-0.2, 0) is 9.47 Å². The van der Waals surface area contributed by atoms with Crippen LogP contribution in [0, 0.1) is 0 Å². The van der Waals surface area contributed by atoms with Gasteiger partial charge in [-0.25, -0.2) is 0 Å². The molecule has 1 heterocycles. The summed E-state index contributed by atoms with van der Waals surface area (Å²) in [5.41, 5.74) is 0. The number of hydrogen-bond donors (Lipinski definition) is 2. The third-order valence-corrected chi connectivity index (χ3v) is 1.88. The molecule has 0 saturated carbocycles. The third kappa shape index (κ3) is 2.17. The largest absolute Gasteiger partial charge is 0.391 e. The summed E-state index contributed by atoms with van der Waals surface area (Å²) in [5, 5.41) is 18.6. The summed E-state index contributed by atoms with van der Waals surface area (Å²) in [7, 11) is 0. The molecule has 0 amide bonds. The van der Waals surface area contributed by atoms with Gasteiger partial charge in [-0.3, -0.25) is 0 Å². The van der Waals surface area contributed by atoms with Crippen molar-refractivity contribution in [2.24, 2.45) is 0 Å². The highest BCUT2D eigenvalue weighted by Crippen LogP contribution is 2.23. The average molecular weight is 176 g/mol. The SMILES string of the molecule is CC(O)[C@@H]1OC(C)(C)OC[C@H]1O. The van der Waals surface area contributed by atoms with E-state index in [0.717, 1.165) is 0 Å². The summed E-state index contributed by atoms with van der Waals surface area (Å²) in [4.78, 5) is 0. The molecule has 1 fully saturated rings. The van der Waals surface area contributed by atoms with Crippen LogP contribution in [0.4, 0.5) is 0 Å². The summed E-state index contributed by atoms with van der Waals surface area (Å²) >= 11 is 0. The zero-order valence-corrected chi connectivity index (χ0v) is 7.65. The van der Waals surface area contributed by atoms with Gasteiger partial charge >= 0.3 is 0 Å². The number of aliphatic hydroxyl groups excluding tert-OH is 2. The zero-order chi connectivity index (χ0) is 9.35. The maximum Gasteiger partial charge on any atom is 0.163 e. The molecular weight excluding hydrogens is 160 g/mol. The van der Waals surface area contributed by atoms with Crippen molar-refractivity contribution >= 4 is 0 Å². The van der Waals surface area contributed by atoms with E-state index in [1.165, 1.54) is 0 Å². The van der Waals surface area contributed by atoms with Crippen molar-refractivity contribution in [1.82, 2.24) is 0 Å². The fourth-order valence-electron chi connectivity index (χ4n) is 1.24. The molecule has 0 bridgehead atoms. The minimum Gasteiger partial charge on any atom is -0.391 e. The molecular formula is C8H16O4. The first-order valence-electron chi connectivity index (χ1n) is 4.10. The highest BCUT2D eigenvalue weighted by molar-refractivity contribution is 4.80. The second-order valence-corrected chi connectivity index (χ2v) is 3.60. The van der Waals surface area contributed by atoms with Crippen molar-refractivity contribution in [2.45, 2.75) is 44.9 Å². The fraction of sp³-hybridized carbons (Fsp3) is 1.00. The molecule has 1 rings (SSSR count). The Morgan fingerprint density at radius 1 is 1.50 bits per heavy atom. The lowest BCUT2D eigenvalue weighted by Crippen LogP contribution is -2.52. The normalized spacial score (nSPS) is 37.8. The van der Waals surface area contributed by atoms with Crippen LogP contribution in [0.2, 0.25) is 0 Å². The van der Waals surface area contributed by atoms with E-state index in [1.54, 1.807) is 20.8 Å². The number of aliphatic hydroxyl groups is 2. The Kier molecular flexibility index (Phi) is 2.73. The van der Waals surface area contributed by atoms with E-state index in [1.807, 2.05) is 0 Å². The van der Waals surface area contributed by atoms with E-state index in [-0.39, 0.29) is 6.61 Å². The topological polar surface area (TPSA) is 58.9 Å². The molecule has 0 aromatic carbocycles. The van der Waals surface area contributed by atoms with E-state index in [2.05, 4.69) is 0 Å². The van der Waals surface area contributed by atoms with Gasteiger partial charge in [-0.05, 0) is 20.8 Å². The highest BCUT2D eigenvalue weighted by atomic mass is 16.7. The molecule has 0 aromatic rings. The summed E-state index contributed by atoms with van der Waals surface area (Å²) < 4.78 is 10.5. The first-order chi connectivity index (χ1) is 5.42. The molecule has 72 valence electrons.